The number of H-pyrrole nitrogens is 1. The summed E-state index contributed by atoms with van der Waals surface area (Å²) in [6, 6.07) is -0.147. The molecular weight excluding hydrogens is 366 g/mol. The van der Waals surface area contributed by atoms with Gasteiger partial charge >= 0.3 is 0 Å². The van der Waals surface area contributed by atoms with Crippen molar-refractivity contribution in [3.8, 4) is 0 Å². The van der Waals surface area contributed by atoms with Gasteiger partial charge in [0.25, 0.3) is 0 Å². The molecule has 2 aliphatic heterocycles. The van der Waals surface area contributed by atoms with E-state index in [1.165, 1.54) is 0 Å². The third-order valence-electron chi connectivity index (χ3n) is 5.17. The van der Waals surface area contributed by atoms with Gasteiger partial charge in [-0.3, -0.25) is 9.59 Å². The highest BCUT2D eigenvalue weighted by atomic mass is 16.2. The van der Waals surface area contributed by atoms with Crippen molar-refractivity contribution in [2.45, 2.75) is 65.8 Å². The number of hydrogen-bond acceptors (Lipinski definition) is 4. The van der Waals surface area contributed by atoms with Crippen molar-refractivity contribution in [2.24, 2.45) is 11.8 Å². The standard InChI is InChI=1S/C18H29N5O2.C4H10/c1-13(2)11-15-18(25)23(10-7-19-15)12-16(24)22-8-3-14(4-9-22)17-20-5-6-21-17;1-4(2)3/h5-6,13-15,19H,3-4,7-12H2,1-2H3,(H,20,21);4H,1-3H3. The van der Waals surface area contributed by atoms with Gasteiger partial charge in [-0.1, -0.05) is 34.6 Å². The van der Waals surface area contributed by atoms with E-state index in [0.717, 1.165) is 50.6 Å². The molecule has 1 unspecified atom stereocenters. The summed E-state index contributed by atoms with van der Waals surface area (Å²) in [6.07, 6.45) is 6.28. The van der Waals surface area contributed by atoms with Gasteiger partial charge < -0.3 is 20.1 Å². The van der Waals surface area contributed by atoms with Gasteiger partial charge in [0.05, 0.1) is 12.6 Å². The summed E-state index contributed by atoms with van der Waals surface area (Å²) >= 11 is 0. The average Bonchev–Trinajstić information content (AvgIpc) is 3.19. The van der Waals surface area contributed by atoms with Crippen LogP contribution in [0.4, 0.5) is 0 Å². The van der Waals surface area contributed by atoms with E-state index in [2.05, 4.69) is 49.9 Å². The maximum Gasteiger partial charge on any atom is 0.242 e. The second-order valence-corrected chi connectivity index (χ2v) is 9.26. The van der Waals surface area contributed by atoms with Gasteiger partial charge in [0.15, 0.2) is 0 Å². The first kappa shape index (κ1) is 23.4. The number of aromatic nitrogens is 2. The van der Waals surface area contributed by atoms with Crippen LogP contribution in [-0.2, 0) is 9.59 Å². The lowest BCUT2D eigenvalue weighted by Gasteiger charge is -2.36. The van der Waals surface area contributed by atoms with Crippen LogP contribution in [0.5, 0.6) is 0 Å². The Bertz CT molecular complexity index is 618. The molecule has 3 rings (SSSR count). The number of nitrogens with zero attached hydrogens (tertiary/aromatic N) is 3. The van der Waals surface area contributed by atoms with Crippen LogP contribution in [0.3, 0.4) is 0 Å². The van der Waals surface area contributed by atoms with E-state index in [4.69, 9.17) is 0 Å². The fraction of sp³-hybridized carbons (Fsp3) is 0.773. The minimum atomic E-state index is -0.147. The molecule has 0 bridgehead atoms. The highest BCUT2D eigenvalue weighted by molar-refractivity contribution is 5.88. The molecule has 7 heteroatoms. The molecule has 0 aliphatic carbocycles. The van der Waals surface area contributed by atoms with Crippen molar-refractivity contribution >= 4 is 11.8 Å². The van der Waals surface area contributed by atoms with Crippen LogP contribution < -0.4 is 5.32 Å². The first-order valence-corrected chi connectivity index (χ1v) is 11.1. The third-order valence-corrected chi connectivity index (χ3v) is 5.17. The van der Waals surface area contributed by atoms with E-state index in [-0.39, 0.29) is 24.4 Å². The third kappa shape index (κ3) is 7.46. The van der Waals surface area contributed by atoms with Gasteiger partial charge in [0.1, 0.15) is 5.82 Å². The maximum absolute atomic E-state index is 12.6. The summed E-state index contributed by atoms with van der Waals surface area (Å²) in [7, 11) is 0. The molecule has 2 saturated heterocycles. The molecule has 2 amide bonds. The summed E-state index contributed by atoms with van der Waals surface area (Å²) < 4.78 is 0. The van der Waals surface area contributed by atoms with Gasteiger partial charge in [-0.25, -0.2) is 4.98 Å². The van der Waals surface area contributed by atoms with Crippen molar-refractivity contribution in [3.05, 3.63) is 18.2 Å². The number of carbonyl (C=O) groups is 2. The molecular formula is C22H39N5O2. The number of aromatic amines is 1. The van der Waals surface area contributed by atoms with E-state index < -0.39 is 0 Å². The first-order valence-electron chi connectivity index (χ1n) is 11.1. The summed E-state index contributed by atoms with van der Waals surface area (Å²) in [6.45, 7) is 13.8. The zero-order valence-electron chi connectivity index (χ0n) is 18.8. The van der Waals surface area contributed by atoms with E-state index in [1.807, 2.05) is 11.1 Å². The van der Waals surface area contributed by atoms with Crippen molar-refractivity contribution < 1.29 is 9.59 Å². The number of rotatable bonds is 5. The van der Waals surface area contributed by atoms with Crippen LogP contribution in [0.25, 0.3) is 0 Å². The molecule has 0 aromatic carbocycles. The van der Waals surface area contributed by atoms with Crippen LogP contribution in [-0.4, -0.2) is 70.3 Å². The zero-order valence-corrected chi connectivity index (χ0v) is 18.8. The highest BCUT2D eigenvalue weighted by Gasteiger charge is 2.32. The van der Waals surface area contributed by atoms with Crippen molar-refractivity contribution in [3.63, 3.8) is 0 Å². The first-order chi connectivity index (χ1) is 13.8. The molecule has 3 heterocycles. The Hall–Kier alpha value is -1.89. The van der Waals surface area contributed by atoms with Gasteiger partial charge in [-0.05, 0) is 31.1 Å². The average molecular weight is 406 g/mol. The Labute approximate surface area is 175 Å². The quantitative estimate of drug-likeness (QED) is 0.789. The molecule has 0 saturated carbocycles. The Morgan fingerprint density at radius 2 is 1.83 bits per heavy atom. The maximum atomic E-state index is 12.6. The number of amides is 2. The fourth-order valence-corrected chi connectivity index (χ4v) is 3.77. The molecule has 1 aromatic rings. The molecule has 1 aromatic heterocycles. The highest BCUT2D eigenvalue weighted by Crippen LogP contribution is 2.25. The van der Waals surface area contributed by atoms with Crippen LogP contribution in [0, 0.1) is 11.8 Å². The lowest BCUT2D eigenvalue weighted by atomic mass is 9.96. The number of hydrogen-bond donors (Lipinski definition) is 2. The van der Waals surface area contributed by atoms with Crippen molar-refractivity contribution in [1.82, 2.24) is 25.1 Å². The van der Waals surface area contributed by atoms with E-state index in [9.17, 15) is 9.59 Å². The van der Waals surface area contributed by atoms with Crippen LogP contribution in [0.1, 0.15) is 65.6 Å². The molecule has 7 nitrogen and oxygen atoms in total. The Balaban J connectivity index is 0.000000687. The van der Waals surface area contributed by atoms with E-state index >= 15 is 0 Å². The number of piperazine rings is 1. The van der Waals surface area contributed by atoms with E-state index in [1.54, 1.807) is 11.1 Å². The number of carbonyl (C=O) groups excluding carboxylic acids is 2. The monoisotopic (exact) mass is 405 g/mol. The summed E-state index contributed by atoms with van der Waals surface area (Å²) in [4.78, 5) is 36.3. The molecule has 2 fully saturated rings. The van der Waals surface area contributed by atoms with Crippen LogP contribution in [0.2, 0.25) is 0 Å². The largest absolute Gasteiger partial charge is 0.348 e. The van der Waals surface area contributed by atoms with Gasteiger partial charge in [0.2, 0.25) is 11.8 Å². The van der Waals surface area contributed by atoms with Gasteiger partial charge in [-0.15, -0.1) is 0 Å². The predicted octanol–water partition coefficient (Wildman–Crippen LogP) is 2.62. The lowest BCUT2D eigenvalue weighted by molar-refractivity contribution is -0.144. The minimum absolute atomic E-state index is 0.0661. The lowest BCUT2D eigenvalue weighted by Crippen LogP contribution is -2.57. The minimum Gasteiger partial charge on any atom is -0.348 e. The predicted molar refractivity (Wildman–Crippen MR) is 115 cm³/mol. The second-order valence-electron chi connectivity index (χ2n) is 9.26. The van der Waals surface area contributed by atoms with Crippen LogP contribution >= 0.6 is 0 Å². The Kier molecular flexibility index (Phi) is 9.14. The zero-order chi connectivity index (χ0) is 21.4. The van der Waals surface area contributed by atoms with E-state index in [0.29, 0.717) is 18.4 Å². The second kappa shape index (κ2) is 11.3. The SMILES string of the molecule is CC(C)C.CC(C)CC1NCCN(CC(=O)N2CCC(c3ncc[nH]3)CC2)C1=O. The summed E-state index contributed by atoms with van der Waals surface area (Å²) in [5, 5.41) is 3.28. The molecule has 164 valence electrons. The Morgan fingerprint density at radius 1 is 1.17 bits per heavy atom. The van der Waals surface area contributed by atoms with Crippen molar-refractivity contribution in [1.29, 1.82) is 0 Å². The summed E-state index contributed by atoms with van der Waals surface area (Å²) in [5.74, 6) is 2.84. The number of likely N-dealkylation sites (tertiary alicyclic amines) is 1. The normalized spacial score (nSPS) is 20.8. The van der Waals surface area contributed by atoms with Crippen molar-refractivity contribution in [2.75, 3.05) is 32.7 Å². The number of imidazole rings is 1. The number of piperidine rings is 1. The molecule has 29 heavy (non-hydrogen) atoms. The van der Waals surface area contributed by atoms with Gasteiger partial charge in [-0.2, -0.15) is 0 Å². The fourth-order valence-electron chi connectivity index (χ4n) is 3.77. The Morgan fingerprint density at radius 3 is 2.38 bits per heavy atom. The smallest absolute Gasteiger partial charge is 0.242 e. The molecule has 0 spiro atoms. The summed E-state index contributed by atoms with van der Waals surface area (Å²) in [5.41, 5.74) is 0. The molecule has 2 N–H and O–H groups in total. The molecule has 2 aliphatic rings. The number of nitrogens with one attached hydrogen (secondary N) is 2. The molecule has 0 radical (unpaired) electrons. The van der Waals surface area contributed by atoms with Crippen LogP contribution in [0.15, 0.2) is 12.4 Å². The topological polar surface area (TPSA) is 81.3 Å². The molecule has 1 atom stereocenters. The van der Waals surface area contributed by atoms with Gasteiger partial charge in [0, 0.05) is 44.5 Å².